The minimum absolute atomic E-state index is 0.0625. The fourth-order valence-corrected chi connectivity index (χ4v) is 4.40. The number of hydrogen-bond donors (Lipinski definition) is 0. The molecule has 180 valence electrons. The highest BCUT2D eigenvalue weighted by molar-refractivity contribution is 6.30. The van der Waals surface area contributed by atoms with Crippen LogP contribution in [0.3, 0.4) is 0 Å². The maximum atomic E-state index is 15.1. The molecule has 0 aliphatic carbocycles. The van der Waals surface area contributed by atoms with Crippen molar-refractivity contribution >= 4 is 22.4 Å². The summed E-state index contributed by atoms with van der Waals surface area (Å²) in [4.78, 5) is 0. The number of fused-ring (bicyclic) bond motifs is 1. The molecule has 0 nitrogen and oxygen atoms in total. The van der Waals surface area contributed by atoms with Crippen molar-refractivity contribution in [2.45, 2.75) is 38.5 Å². The maximum Gasteiger partial charge on any atom is 0.142 e. The number of allylic oxidation sites excluding steroid dienone is 1. The van der Waals surface area contributed by atoms with Crippen molar-refractivity contribution in [1.82, 2.24) is 0 Å². The summed E-state index contributed by atoms with van der Waals surface area (Å²) in [6.07, 6.45) is 4.48. The molecule has 0 aliphatic rings. The zero-order valence-corrected chi connectivity index (χ0v) is 19.9. The number of hydrogen-bond acceptors (Lipinski definition) is 0. The fourth-order valence-electron chi connectivity index (χ4n) is 4.29. The molecule has 0 aliphatic heterocycles. The van der Waals surface area contributed by atoms with Gasteiger partial charge in [0.1, 0.15) is 23.3 Å². The van der Waals surface area contributed by atoms with E-state index in [1.54, 1.807) is 30.3 Å². The Labute approximate surface area is 207 Å². The zero-order valence-electron chi connectivity index (χ0n) is 19.2. The average Bonchev–Trinajstić information content (AvgIpc) is 2.84. The Morgan fingerprint density at radius 3 is 2.03 bits per heavy atom. The minimum atomic E-state index is -0.541. The standard InChI is InChI=1S/C30H25ClF4/c1-2-3-4-21-17-27(32)25(28(33)18-21)13-7-19-6-12-24-23(15-19)11-10-22(30(24)35)9-5-20-8-14-26(31)29(34)16-20/h2,6,8,10-12,14-18H,1,3-5,7,9,13H2. The summed E-state index contributed by atoms with van der Waals surface area (Å²) in [6.45, 7) is 3.63. The lowest BCUT2D eigenvalue weighted by atomic mass is 9.96. The van der Waals surface area contributed by atoms with Crippen molar-refractivity contribution in [2.24, 2.45) is 0 Å². The first-order chi connectivity index (χ1) is 16.9. The first-order valence-electron chi connectivity index (χ1n) is 11.6. The molecule has 4 aromatic rings. The van der Waals surface area contributed by atoms with E-state index < -0.39 is 17.5 Å². The molecule has 0 heterocycles. The van der Waals surface area contributed by atoms with Crippen LogP contribution in [0.1, 0.15) is 34.2 Å². The van der Waals surface area contributed by atoms with E-state index in [1.165, 1.54) is 24.3 Å². The molecule has 0 saturated carbocycles. The van der Waals surface area contributed by atoms with Gasteiger partial charge in [0.25, 0.3) is 0 Å². The monoisotopic (exact) mass is 496 g/mol. The van der Waals surface area contributed by atoms with Gasteiger partial charge in [-0.05, 0) is 90.4 Å². The van der Waals surface area contributed by atoms with Crippen LogP contribution in [0, 0.1) is 23.3 Å². The van der Waals surface area contributed by atoms with E-state index in [1.807, 2.05) is 12.1 Å². The molecule has 5 heteroatoms. The Balaban J connectivity index is 1.46. The fraction of sp³-hybridized carbons (Fsp3) is 0.200. The van der Waals surface area contributed by atoms with E-state index in [2.05, 4.69) is 6.58 Å². The molecule has 0 amide bonds. The molecule has 0 unspecified atom stereocenters. The largest absolute Gasteiger partial charge is 0.207 e. The second kappa shape index (κ2) is 11.1. The van der Waals surface area contributed by atoms with Crippen LogP contribution in [-0.2, 0) is 32.1 Å². The lowest BCUT2D eigenvalue weighted by Crippen LogP contribution is -2.01. The summed E-state index contributed by atoms with van der Waals surface area (Å²) in [7, 11) is 0. The molecule has 0 N–H and O–H groups in total. The van der Waals surface area contributed by atoms with Gasteiger partial charge in [0.2, 0.25) is 0 Å². The molecule has 35 heavy (non-hydrogen) atoms. The molecule has 0 saturated heterocycles. The van der Waals surface area contributed by atoms with Crippen LogP contribution in [0.4, 0.5) is 17.6 Å². The molecule has 0 fully saturated rings. The SMILES string of the molecule is C=CCCc1cc(F)c(CCc2ccc3c(F)c(CCc4ccc(Cl)c(F)c4)ccc3c2)c(F)c1. The Bertz CT molecular complexity index is 1350. The van der Waals surface area contributed by atoms with Gasteiger partial charge in [0.05, 0.1) is 5.02 Å². The Kier molecular flexibility index (Phi) is 7.92. The summed E-state index contributed by atoms with van der Waals surface area (Å²) in [6, 6.07) is 16.3. The minimum Gasteiger partial charge on any atom is -0.207 e. The average molecular weight is 497 g/mol. The van der Waals surface area contributed by atoms with Crippen LogP contribution in [0.15, 0.2) is 73.3 Å². The summed E-state index contributed by atoms with van der Waals surface area (Å²) < 4.78 is 57.8. The van der Waals surface area contributed by atoms with Gasteiger partial charge in [-0.25, -0.2) is 17.6 Å². The van der Waals surface area contributed by atoms with Crippen LogP contribution in [0.25, 0.3) is 10.8 Å². The second-order valence-corrected chi connectivity index (χ2v) is 9.12. The first kappa shape index (κ1) is 25.0. The van der Waals surface area contributed by atoms with Gasteiger partial charge in [-0.15, -0.1) is 6.58 Å². The van der Waals surface area contributed by atoms with Gasteiger partial charge in [0, 0.05) is 10.9 Å². The van der Waals surface area contributed by atoms with Crippen molar-refractivity contribution in [3.8, 4) is 0 Å². The van der Waals surface area contributed by atoms with Gasteiger partial charge in [0.15, 0.2) is 0 Å². The summed E-state index contributed by atoms with van der Waals surface area (Å²) in [5.74, 6) is -1.88. The lowest BCUT2D eigenvalue weighted by Gasteiger charge is -2.10. The van der Waals surface area contributed by atoms with E-state index in [9.17, 15) is 13.2 Å². The highest BCUT2D eigenvalue weighted by atomic mass is 35.5. The molecule has 0 radical (unpaired) electrons. The quantitative estimate of drug-likeness (QED) is 0.160. The van der Waals surface area contributed by atoms with Gasteiger partial charge in [-0.3, -0.25) is 0 Å². The van der Waals surface area contributed by atoms with Crippen LogP contribution >= 0.6 is 11.6 Å². The summed E-state index contributed by atoms with van der Waals surface area (Å²) in [5, 5.41) is 1.27. The normalized spacial score (nSPS) is 11.2. The maximum absolute atomic E-state index is 15.1. The van der Waals surface area contributed by atoms with Gasteiger partial charge in [-0.2, -0.15) is 0 Å². The van der Waals surface area contributed by atoms with Gasteiger partial charge < -0.3 is 0 Å². The molecular formula is C30H25ClF4. The van der Waals surface area contributed by atoms with Crippen molar-refractivity contribution < 1.29 is 17.6 Å². The van der Waals surface area contributed by atoms with Crippen molar-refractivity contribution in [3.05, 3.63) is 129 Å². The number of halogens is 5. The van der Waals surface area contributed by atoms with Crippen LogP contribution in [0.5, 0.6) is 0 Å². The topological polar surface area (TPSA) is 0 Å². The molecule has 0 atom stereocenters. The van der Waals surface area contributed by atoms with Crippen LogP contribution in [0.2, 0.25) is 5.02 Å². The molecule has 0 spiro atoms. The number of aryl methyl sites for hydroxylation is 4. The van der Waals surface area contributed by atoms with Crippen molar-refractivity contribution in [1.29, 1.82) is 0 Å². The van der Waals surface area contributed by atoms with E-state index >= 15 is 4.39 Å². The van der Waals surface area contributed by atoms with E-state index in [4.69, 9.17) is 11.6 Å². The molecular weight excluding hydrogens is 472 g/mol. The van der Waals surface area contributed by atoms with E-state index in [0.29, 0.717) is 48.6 Å². The smallest absolute Gasteiger partial charge is 0.142 e. The Hall–Kier alpha value is -3.11. The third-order valence-corrected chi connectivity index (χ3v) is 6.57. The number of rotatable bonds is 9. The van der Waals surface area contributed by atoms with Crippen molar-refractivity contribution in [2.75, 3.05) is 0 Å². The third-order valence-electron chi connectivity index (χ3n) is 6.27. The highest BCUT2D eigenvalue weighted by Gasteiger charge is 2.13. The lowest BCUT2D eigenvalue weighted by molar-refractivity contribution is 0.551. The predicted molar refractivity (Wildman–Crippen MR) is 135 cm³/mol. The third kappa shape index (κ3) is 5.94. The highest BCUT2D eigenvalue weighted by Crippen LogP contribution is 2.26. The van der Waals surface area contributed by atoms with E-state index in [-0.39, 0.29) is 22.8 Å². The molecule has 4 aromatic carbocycles. The number of benzene rings is 4. The van der Waals surface area contributed by atoms with Crippen LogP contribution in [-0.4, -0.2) is 0 Å². The Morgan fingerprint density at radius 2 is 1.31 bits per heavy atom. The second-order valence-electron chi connectivity index (χ2n) is 8.71. The van der Waals surface area contributed by atoms with Crippen molar-refractivity contribution in [3.63, 3.8) is 0 Å². The zero-order chi connectivity index (χ0) is 24.9. The first-order valence-corrected chi connectivity index (χ1v) is 11.9. The summed E-state index contributed by atoms with van der Waals surface area (Å²) in [5.41, 5.74) is 2.83. The van der Waals surface area contributed by atoms with Gasteiger partial charge in [-0.1, -0.05) is 54.1 Å². The molecule has 4 rings (SSSR count). The van der Waals surface area contributed by atoms with Crippen LogP contribution < -0.4 is 0 Å². The summed E-state index contributed by atoms with van der Waals surface area (Å²) >= 11 is 5.72. The van der Waals surface area contributed by atoms with E-state index in [0.717, 1.165) is 16.5 Å². The predicted octanol–water partition coefficient (Wildman–Crippen LogP) is 8.74. The Morgan fingerprint density at radius 1 is 0.657 bits per heavy atom. The van der Waals surface area contributed by atoms with Gasteiger partial charge >= 0.3 is 0 Å². The molecule has 0 aromatic heterocycles. The molecule has 0 bridgehead atoms.